The van der Waals surface area contributed by atoms with Gasteiger partial charge in [0.25, 0.3) is 5.91 Å². The quantitative estimate of drug-likeness (QED) is 0.539. The van der Waals surface area contributed by atoms with Crippen LogP contribution in [0.1, 0.15) is 52.4 Å². The minimum atomic E-state index is -0.543. The number of nitrogens with zero attached hydrogens (tertiary/aromatic N) is 3. The SMILES string of the molecule is O=C(N[C@@H]1CCc2ccc(N3CC4(CCOCC4)C3)cc2CC1=O)c1n[nH]c(Cc2ccccc2)n1. The first-order valence-corrected chi connectivity index (χ1v) is 12.8. The molecular formula is C28H31N5O3. The van der Waals surface area contributed by atoms with E-state index < -0.39 is 11.9 Å². The molecule has 8 nitrogen and oxygen atoms in total. The molecule has 2 aromatic carbocycles. The molecule has 3 heterocycles. The number of Topliss-reactive ketones (excluding diaryl/α,β-unsaturated/α-hetero) is 1. The molecule has 3 aromatic rings. The Morgan fingerprint density at radius 2 is 1.92 bits per heavy atom. The van der Waals surface area contributed by atoms with Crippen molar-refractivity contribution in [2.75, 3.05) is 31.2 Å². The van der Waals surface area contributed by atoms with Crippen LogP contribution in [0.4, 0.5) is 5.69 Å². The second-order valence-corrected chi connectivity index (χ2v) is 10.4. The zero-order chi connectivity index (χ0) is 24.5. The van der Waals surface area contributed by atoms with Gasteiger partial charge in [-0.1, -0.05) is 36.4 Å². The van der Waals surface area contributed by atoms with Gasteiger partial charge in [-0.3, -0.25) is 14.7 Å². The maximum absolute atomic E-state index is 13.1. The molecule has 2 fully saturated rings. The van der Waals surface area contributed by atoms with Crippen molar-refractivity contribution in [3.63, 3.8) is 0 Å². The zero-order valence-corrected chi connectivity index (χ0v) is 20.3. The lowest BCUT2D eigenvalue weighted by Gasteiger charge is -2.53. The Morgan fingerprint density at radius 1 is 1.11 bits per heavy atom. The minimum absolute atomic E-state index is 0.0313. The molecule has 36 heavy (non-hydrogen) atoms. The van der Waals surface area contributed by atoms with Gasteiger partial charge in [0.1, 0.15) is 5.82 Å². The van der Waals surface area contributed by atoms with Crippen molar-refractivity contribution in [1.29, 1.82) is 0 Å². The maximum Gasteiger partial charge on any atom is 0.291 e. The van der Waals surface area contributed by atoms with E-state index in [2.05, 4.69) is 43.6 Å². The van der Waals surface area contributed by atoms with Crippen LogP contribution in [0.5, 0.6) is 0 Å². The molecule has 0 radical (unpaired) electrons. The van der Waals surface area contributed by atoms with Gasteiger partial charge in [-0.15, -0.1) is 5.10 Å². The highest BCUT2D eigenvalue weighted by Crippen LogP contribution is 2.42. The van der Waals surface area contributed by atoms with E-state index in [0.717, 1.165) is 56.7 Å². The topological polar surface area (TPSA) is 100 Å². The molecule has 2 N–H and O–H groups in total. The van der Waals surface area contributed by atoms with Gasteiger partial charge in [-0.25, -0.2) is 4.98 Å². The maximum atomic E-state index is 13.1. The number of aryl methyl sites for hydroxylation is 1. The van der Waals surface area contributed by atoms with Gasteiger partial charge in [0, 0.05) is 50.2 Å². The Hall–Kier alpha value is -3.52. The third-order valence-electron chi connectivity index (χ3n) is 7.87. The molecule has 0 saturated carbocycles. The number of nitrogens with one attached hydrogen (secondary N) is 2. The van der Waals surface area contributed by atoms with Crippen LogP contribution in [0.25, 0.3) is 0 Å². The molecule has 1 aromatic heterocycles. The van der Waals surface area contributed by atoms with E-state index in [4.69, 9.17) is 4.74 Å². The monoisotopic (exact) mass is 485 g/mol. The number of hydrogen-bond acceptors (Lipinski definition) is 6. The van der Waals surface area contributed by atoms with Gasteiger partial charge in [0.2, 0.25) is 5.82 Å². The number of carbonyl (C=O) groups excluding carboxylic acids is 2. The fourth-order valence-electron chi connectivity index (χ4n) is 5.70. The molecular weight excluding hydrogens is 454 g/mol. The summed E-state index contributed by atoms with van der Waals surface area (Å²) in [7, 11) is 0. The number of benzene rings is 2. The van der Waals surface area contributed by atoms with E-state index in [-0.39, 0.29) is 11.6 Å². The standard InChI is InChI=1S/C28H31N5O3/c34-24-16-21-15-22(33-17-28(18-33)10-12-36-13-11-28)8-6-20(21)7-9-23(24)29-27(35)26-30-25(31-32-26)14-19-4-2-1-3-5-19/h1-6,8,15,23H,7,9-14,16-18H2,(H,29,35)(H,30,31,32)/t23-/m1/s1. The summed E-state index contributed by atoms with van der Waals surface area (Å²) in [4.78, 5) is 32.7. The number of ketones is 1. The highest BCUT2D eigenvalue weighted by Gasteiger charge is 2.44. The summed E-state index contributed by atoms with van der Waals surface area (Å²) in [5, 5.41) is 9.80. The van der Waals surface area contributed by atoms with Crippen LogP contribution in [-0.2, 0) is 28.8 Å². The van der Waals surface area contributed by atoms with Crippen molar-refractivity contribution in [2.24, 2.45) is 5.41 Å². The average Bonchev–Trinajstić information content (AvgIpc) is 3.29. The first-order chi connectivity index (χ1) is 17.6. The van der Waals surface area contributed by atoms with Crippen LogP contribution in [0.2, 0.25) is 0 Å². The van der Waals surface area contributed by atoms with E-state index >= 15 is 0 Å². The van der Waals surface area contributed by atoms with Gasteiger partial charge in [0.05, 0.1) is 6.04 Å². The lowest BCUT2D eigenvalue weighted by atomic mass is 9.73. The first kappa shape index (κ1) is 22.9. The zero-order valence-electron chi connectivity index (χ0n) is 20.3. The van der Waals surface area contributed by atoms with Gasteiger partial charge >= 0.3 is 0 Å². The van der Waals surface area contributed by atoms with E-state index in [1.807, 2.05) is 30.3 Å². The fourth-order valence-corrected chi connectivity index (χ4v) is 5.70. The van der Waals surface area contributed by atoms with Crippen molar-refractivity contribution >= 4 is 17.4 Å². The average molecular weight is 486 g/mol. The summed E-state index contributed by atoms with van der Waals surface area (Å²) < 4.78 is 5.54. The molecule has 6 rings (SSSR count). The molecule has 1 atom stereocenters. The number of aromatic nitrogens is 3. The lowest BCUT2D eigenvalue weighted by molar-refractivity contribution is -0.120. The van der Waals surface area contributed by atoms with Gasteiger partial charge < -0.3 is 15.0 Å². The Kier molecular flexibility index (Phi) is 6.05. The summed E-state index contributed by atoms with van der Waals surface area (Å²) in [6.45, 7) is 3.85. The van der Waals surface area contributed by atoms with Gasteiger partial charge in [0.15, 0.2) is 5.78 Å². The number of H-pyrrole nitrogens is 1. The van der Waals surface area contributed by atoms with Crippen LogP contribution in [0.3, 0.4) is 0 Å². The molecule has 3 aliphatic rings. The van der Waals surface area contributed by atoms with E-state index in [1.54, 1.807) is 0 Å². The minimum Gasteiger partial charge on any atom is -0.381 e. The number of anilines is 1. The summed E-state index contributed by atoms with van der Waals surface area (Å²) in [6, 6.07) is 15.8. The van der Waals surface area contributed by atoms with Crippen LogP contribution in [-0.4, -0.2) is 59.2 Å². The van der Waals surface area contributed by atoms with Gasteiger partial charge in [-0.2, -0.15) is 0 Å². The molecule has 1 spiro atoms. The van der Waals surface area contributed by atoms with E-state index in [9.17, 15) is 9.59 Å². The second kappa shape index (κ2) is 9.50. The Morgan fingerprint density at radius 3 is 2.72 bits per heavy atom. The number of aromatic amines is 1. The summed E-state index contributed by atoms with van der Waals surface area (Å²) in [6.07, 6.45) is 4.48. The van der Waals surface area contributed by atoms with Crippen molar-refractivity contribution in [2.45, 2.75) is 44.6 Å². The molecule has 1 aliphatic carbocycles. The highest BCUT2D eigenvalue weighted by atomic mass is 16.5. The number of fused-ring (bicyclic) bond motifs is 1. The fraction of sp³-hybridized carbons (Fsp3) is 0.429. The summed E-state index contributed by atoms with van der Waals surface area (Å²) in [5.74, 6) is 0.298. The highest BCUT2D eigenvalue weighted by molar-refractivity contribution is 5.96. The molecule has 2 aliphatic heterocycles. The van der Waals surface area contributed by atoms with Crippen molar-refractivity contribution in [3.8, 4) is 0 Å². The second-order valence-electron chi connectivity index (χ2n) is 10.4. The van der Waals surface area contributed by atoms with E-state index in [0.29, 0.717) is 30.5 Å². The Bertz CT molecular complexity index is 1260. The number of amides is 1. The van der Waals surface area contributed by atoms with E-state index in [1.165, 1.54) is 11.3 Å². The van der Waals surface area contributed by atoms with Crippen LogP contribution in [0.15, 0.2) is 48.5 Å². The van der Waals surface area contributed by atoms with Crippen molar-refractivity contribution < 1.29 is 14.3 Å². The smallest absolute Gasteiger partial charge is 0.291 e. The third-order valence-corrected chi connectivity index (χ3v) is 7.87. The first-order valence-electron chi connectivity index (χ1n) is 12.8. The largest absolute Gasteiger partial charge is 0.381 e. The number of ether oxygens (including phenoxy) is 1. The Balaban J connectivity index is 1.08. The summed E-state index contributed by atoms with van der Waals surface area (Å²) in [5.41, 5.74) is 4.93. The molecule has 186 valence electrons. The third kappa shape index (κ3) is 4.65. The Labute approximate surface area is 210 Å². The number of hydrogen-bond donors (Lipinski definition) is 2. The van der Waals surface area contributed by atoms with Crippen LogP contribution >= 0.6 is 0 Å². The number of carbonyl (C=O) groups is 2. The molecule has 1 amide bonds. The molecule has 8 heteroatoms. The molecule has 0 bridgehead atoms. The number of rotatable bonds is 5. The summed E-state index contributed by atoms with van der Waals surface area (Å²) >= 11 is 0. The normalized spacial score (nSPS) is 20.9. The molecule has 0 unspecified atom stereocenters. The van der Waals surface area contributed by atoms with Crippen molar-refractivity contribution in [3.05, 3.63) is 76.9 Å². The lowest BCUT2D eigenvalue weighted by Crippen LogP contribution is -2.58. The predicted molar refractivity (Wildman–Crippen MR) is 135 cm³/mol. The van der Waals surface area contributed by atoms with Crippen LogP contribution < -0.4 is 10.2 Å². The van der Waals surface area contributed by atoms with Crippen LogP contribution in [0, 0.1) is 5.41 Å². The van der Waals surface area contributed by atoms with Crippen molar-refractivity contribution in [1.82, 2.24) is 20.5 Å². The molecule has 2 saturated heterocycles. The predicted octanol–water partition coefficient (Wildman–Crippen LogP) is 2.87. The van der Waals surface area contributed by atoms with Gasteiger partial charge in [-0.05, 0) is 54.5 Å².